The lowest BCUT2D eigenvalue weighted by atomic mass is 9.92. The van der Waals surface area contributed by atoms with Crippen LogP contribution in [-0.2, 0) is 7.05 Å². The summed E-state index contributed by atoms with van der Waals surface area (Å²) in [6.45, 7) is 2.14. The van der Waals surface area contributed by atoms with Crippen LogP contribution in [-0.4, -0.2) is 15.4 Å². The van der Waals surface area contributed by atoms with Gasteiger partial charge in [-0.1, -0.05) is 97.1 Å². The molecule has 4 aromatic carbocycles. The lowest BCUT2D eigenvalue weighted by Crippen LogP contribution is -2.31. The van der Waals surface area contributed by atoms with Gasteiger partial charge in [0.25, 0.3) is 5.91 Å². The van der Waals surface area contributed by atoms with E-state index in [9.17, 15) is 4.79 Å². The molecule has 0 N–H and O–H groups in total. The van der Waals surface area contributed by atoms with E-state index in [0.717, 1.165) is 27.9 Å². The van der Waals surface area contributed by atoms with Gasteiger partial charge < -0.3 is 9.47 Å². The van der Waals surface area contributed by atoms with Crippen molar-refractivity contribution in [3.05, 3.63) is 131 Å². The highest BCUT2D eigenvalue weighted by molar-refractivity contribution is 6.02. The molecule has 0 saturated heterocycles. The number of aryl methyl sites for hydroxylation is 1. The number of carbonyl (C=O) groups is 1. The molecule has 0 fully saturated rings. The maximum Gasteiger partial charge on any atom is 0.255 e. The molecule has 166 valence electrons. The molecule has 1 aromatic heterocycles. The van der Waals surface area contributed by atoms with Crippen LogP contribution >= 0.6 is 0 Å². The zero-order valence-corrected chi connectivity index (χ0v) is 19.3. The molecule has 5 aromatic rings. The number of benzene rings is 4. The quantitative estimate of drug-likeness (QED) is 0.290. The number of carbonyl (C=O) groups excluding carboxylic acids is 1. The van der Waals surface area contributed by atoms with Crippen molar-refractivity contribution in [2.24, 2.45) is 7.05 Å². The van der Waals surface area contributed by atoms with E-state index in [0.29, 0.717) is 0 Å². The summed E-state index contributed by atoms with van der Waals surface area (Å²) < 4.78 is 2.27. The second kappa shape index (κ2) is 8.03. The highest BCUT2D eigenvalue weighted by Crippen LogP contribution is 2.49. The third-order valence-electron chi connectivity index (χ3n) is 7.16. The summed E-state index contributed by atoms with van der Waals surface area (Å²) in [5, 5.41) is 1.18. The van der Waals surface area contributed by atoms with Gasteiger partial charge in [0.2, 0.25) is 0 Å². The molecule has 0 bridgehead atoms. The SMILES string of the molecule is C[C@@H](c1ccccc1)N1C(=O)c2ccccc2[C@@H]1c1c(-c2ccccc2)n(C)c2ccccc12. The van der Waals surface area contributed by atoms with Crippen molar-refractivity contribution in [2.45, 2.75) is 19.0 Å². The van der Waals surface area contributed by atoms with Crippen LogP contribution in [0.4, 0.5) is 0 Å². The average molecular weight is 443 g/mol. The number of hydrogen-bond acceptors (Lipinski definition) is 1. The Labute approximate surface area is 199 Å². The van der Waals surface area contributed by atoms with Crippen LogP contribution < -0.4 is 0 Å². The molecule has 1 amide bonds. The van der Waals surface area contributed by atoms with Crippen LogP contribution in [0.3, 0.4) is 0 Å². The monoisotopic (exact) mass is 442 g/mol. The van der Waals surface area contributed by atoms with Gasteiger partial charge >= 0.3 is 0 Å². The van der Waals surface area contributed by atoms with Crippen molar-refractivity contribution >= 4 is 16.8 Å². The number of hydrogen-bond donors (Lipinski definition) is 0. The van der Waals surface area contributed by atoms with Gasteiger partial charge in [-0.3, -0.25) is 4.79 Å². The van der Waals surface area contributed by atoms with Crippen molar-refractivity contribution in [2.75, 3.05) is 0 Å². The summed E-state index contributed by atoms with van der Waals surface area (Å²) in [7, 11) is 2.13. The highest BCUT2D eigenvalue weighted by atomic mass is 16.2. The zero-order chi connectivity index (χ0) is 23.2. The number of aromatic nitrogens is 1. The lowest BCUT2D eigenvalue weighted by Gasteiger charge is -2.32. The molecular formula is C31H26N2O. The van der Waals surface area contributed by atoms with E-state index in [1.807, 2.05) is 42.5 Å². The Balaban J connectivity index is 1.66. The number of rotatable bonds is 4. The summed E-state index contributed by atoms with van der Waals surface area (Å²) in [4.78, 5) is 16.0. The molecular weight excluding hydrogens is 416 g/mol. The summed E-state index contributed by atoms with van der Waals surface area (Å²) in [6, 6.07) is 37.2. The van der Waals surface area contributed by atoms with Gasteiger partial charge in [-0.2, -0.15) is 0 Å². The molecule has 1 aliphatic rings. The standard InChI is InChI=1S/C31H26N2O/c1-21(22-13-5-3-6-14-22)33-30(24-17-9-10-18-25(24)31(33)34)28-26-19-11-12-20-27(26)32(2)29(28)23-15-7-4-8-16-23/h3-21,30H,1-2H3/t21-,30+/m0/s1. The van der Waals surface area contributed by atoms with Gasteiger partial charge in [-0.25, -0.2) is 0 Å². The predicted molar refractivity (Wildman–Crippen MR) is 138 cm³/mol. The van der Waals surface area contributed by atoms with Crippen LogP contribution in [0.1, 0.15) is 46.1 Å². The van der Waals surface area contributed by atoms with Crippen molar-refractivity contribution in [1.29, 1.82) is 0 Å². The highest BCUT2D eigenvalue weighted by Gasteiger charge is 2.43. The van der Waals surface area contributed by atoms with E-state index in [-0.39, 0.29) is 18.0 Å². The largest absolute Gasteiger partial charge is 0.343 e. The van der Waals surface area contributed by atoms with Gasteiger partial charge in [0.15, 0.2) is 0 Å². The average Bonchev–Trinajstić information content (AvgIpc) is 3.35. The maximum absolute atomic E-state index is 13.9. The lowest BCUT2D eigenvalue weighted by molar-refractivity contribution is 0.0678. The van der Waals surface area contributed by atoms with E-state index in [4.69, 9.17) is 0 Å². The Morgan fingerprint density at radius 1 is 0.735 bits per heavy atom. The number of para-hydroxylation sites is 1. The van der Waals surface area contributed by atoms with Crippen LogP contribution in [0, 0.1) is 0 Å². The first-order valence-electron chi connectivity index (χ1n) is 11.8. The van der Waals surface area contributed by atoms with Crippen molar-refractivity contribution in [1.82, 2.24) is 9.47 Å². The summed E-state index contributed by atoms with van der Waals surface area (Å²) in [6.07, 6.45) is 0. The minimum atomic E-state index is -0.180. The summed E-state index contributed by atoms with van der Waals surface area (Å²) >= 11 is 0. The Morgan fingerprint density at radius 2 is 1.35 bits per heavy atom. The van der Waals surface area contributed by atoms with Gasteiger partial charge in [-0.05, 0) is 35.7 Å². The fourth-order valence-electron chi connectivity index (χ4n) is 5.57. The molecule has 0 unspecified atom stereocenters. The van der Waals surface area contributed by atoms with E-state index < -0.39 is 0 Å². The van der Waals surface area contributed by atoms with Gasteiger partial charge in [0, 0.05) is 29.1 Å². The van der Waals surface area contributed by atoms with E-state index >= 15 is 0 Å². The van der Waals surface area contributed by atoms with Crippen molar-refractivity contribution in [3.63, 3.8) is 0 Å². The fraction of sp³-hybridized carbons (Fsp3) is 0.129. The van der Waals surface area contributed by atoms with E-state index in [2.05, 4.69) is 90.2 Å². The Bertz CT molecular complexity index is 1500. The molecule has 34 heavy (non-hydrogen) atoms. The smallest absolute Gasteiger partial charge is 0.255 e. The fourth-order valence-corrected chi connectivity index (χ4v) is 5.57. The molecule has 0 radical (unpaired) electrons. The van der Waals surface area contributed by atoms with Crippen LogP contribution in [0.25, 0.3) is 22.2 Å². The predicted octanol–water partition coefficient (Wildman–Crippen LogP) is 7.15. The van der Waals surface area contributed by atoms with Crippen LogP contribution in [0.5, 0.6) is 0 Å². The number of fused-ring (bicyclic) bond motifs is 2. The number of amides is 1. The molecule has 3 nitrogen and oxygen atoms in total. The van der Waals surface area contributed by atoms with Gasteiger partial charge in [-0.15, -0.1) is 0 Å². The Morgan fingerprint density at radius 3 is 2.12 bits per heavy atom. The molecule has 2 atom stereocenters. The normalized spacial score (nSPS) is 16.1. The third kappa shape index (κ3) is 3.01. The van der Waals surface area contributed by atoms with Crippen molar-refractivity contribution in [3.8, 4) is 11.3 Å². The van der Waals surface area contributed by atoms with E-state index in [1.165, 1.54) is 16.5 Å². The van der Waals surface area contributed by atoms with Gasteiger partial charge in [0.05, 0.1) is 17.8 Å². The minimum absolute atomic E-state index is 0.0753. The third-order valence-corrected chi connectivity index (χ3v) is 7.16. The first-order chi connectivity index (χ1) is 16.7. The Kier molecular flexibility index (Phi) is 4.84. The van der Waals surface area contributed by atoms with Gasteiger partial charge in [0.1, 0.15) is 0 Å². The molecule has 1 aliphatic heterocycles. The molecule has 0 saturated carbocycles. The zero-order valence-electron chi connectivity index (χ0n) is 19.3. The van der Waals surface area contributed by atoms with Crippen LogP contribution in [0.2, 0.25) is 0 Å². The molecule has 0 aliphatic carbocycles. The second-order valence-corrected chi connectivity index (χ2v) is 8.99. The molecule has 0 spiro atoms. The Hall–Kier alpha value is -4.11. The summed E-state index contributed by atoms with van der Waals surface area (Å²) in [5.41, 5.74) is 7.66. The molecule has 2 heterocycles. The van der Waals surface area contributed by atoms with E-state index in [1.54, 1.807) is 0 Å². The second-order valence-electron chi connectivity index (χ2n) is 8.99. The summed E-state index contributed by atoms with van der Waals surface area (Å²) in [5.74, 6) is 0.0869. The topological polar surface area (TPSA) is 25.2 Å². The minimum Gasteiger partial charge on any atom is -0.343 e. The van der Waals surface area contributed by atoms with Crippen molar-refractivity contribution < 1.29 is 4.79 Å². The van der Waals surface area contributed by atoms with Crippen LogP contribution in [0.15, 0.2) is 109 Å². The first kappa shape index (κ1) is 20.5. The maximum atomic E-state index is 13.9. The molecule has 6 rings (SSSR count). The number of nitrogens with zero attached hydrogens (tertiary/aromatic N) is 2. The first-order valence-corrected chi connectivity index (χ1v) is 11.8. The molecule has 3 heteroatoms.